The molecule has 20 heavy (non-hydrogen) atoms. The van der Waals surface area contributed by atoms with Crippen molar-refractivity contribution in [2.24, 2.45) is 0 Å². The fourth-order valence-corrected chi connectivity index (χ4v) is 2.89. The zero-order valence-electron chi connectivity index (χ0n) is 10.0. The van der Waals surface area contributed by atoms with E-state index in [4.69, 9.17) is 27.4 Å². The maximum absolute atomic E-state index is 13.3. The van der Waals surface area contributed by atoms with Crippen LogP contribution in [-0.2, 0) is 15.9 Å². The highest BCUT2D eigenvalue weighted by atomic mass is 35.5. The summed E-state index contributed by atoms with van der Waals surface area (Å²) in [6.45, 7) is 0. The molecular weight excluding hydrogens is 326 g/mol. The third-order valence-electron chi connectivity index (χ3n) is 2.38. The van der Waals surface area contributed by atoms with Crippen LogP contribution in [-0.4, -0.2) is 8.42 Å². The summed E-state index contributed by atoms with van der Waals surface area (Å²) in [6, 6.07) is 9.69. The molecular formula is C13H9Cl2FO3S. The minimum Gasteiger partial charge on any atom is -0.379 e. The first kappa shape index (κ1) is 15.1. The summed E-state index contributed by atoms with van der Waals surface area (Å²) in [5.41, 5.74) is 0.399. The van der Waals surface area contributed by atoms with E-state index >= 15 is 0 Å². The van der Waals surface area contributed by atoms with Crippen molar-refractivity contribution in [2.45, 2.75) is 5.75 Å². The van der Waals surface area contributed by atoms with Gasteiger partial charge in [-0.3, -0.25) is 0 Å². The average molecular weight is 335 g/mol. The lowest BCUT2D eigenvalue weighted by molar-refractivity contribution is 0.460. The Balaban J connectivity index is 2.19. The molecule has 0 amide bonds. The Bertz CT molecular complexity index is 732. The van der Waals surface area contributed by atoms with E-state index in [1.165, 1.54) is 36.4 Å². The second-order valence-electron chi connectivity index (χ2n) is 3.96. The number of para-hydroxylation sites is 1. The van der Waals surface area contributed by atoms with Gasteiger partial charge in [-0.1, -0.05) is 41.4 Å². The van der Waals surface area contributed by atoms with E-state index in [0.29, 0.717) is 10.6 Å². The standard InChI is InChI=1S/C13H9Cl2FO3S/c14-10-6-5-9(7-11(10)15)8-20(17,18)19-13-4-2-1-3-12(13)16/h1-7H,8H2. The van der Waals surface area contributed by atoms with E-state index < -0.39 is 21.7 Å². The summed E-state index contributed by atoms with van der Waals surface area (Å²) >= 11 is 11.5. The molecule has 2 aromatic rings. The molecule has 0 aliphatic heterocycles. The van der Waals surface area contributed by atoms with Crippen LogP contribution in [0, 0.1) is 5.82 Å². The van der Waals surface area contributed by atoms with Crippen LogP contribution in [0.25, 0.3) is 0 Å². The molecule has 0 fully saturated rings. The molecule has 0 aliphatic rings. The van der Waals surface area contributed by atoms with Crippen LogP contribution in [0.2, 0.25) is 10.0 Å². The largest absolute Gasteiger partial charge is 0.379 e. The van der Waals surface area contributed by atoms with E-state index in [1.54, 1.807) is 0 Å². The van der Waals surface area contributed by atoms with E-state index in [2.05, 4.69) is 0 Å². The Hall–Kier alpha value is -1.30. The van der Waals surface area contributed by atoms with Gasteiger partial charge in [0.2, 0.25) is 0 Å². The summed E-state index contributed by atoms with van der Waals surface area (Å²) < 4.78 is 41.8. The van der Waals surface area contributed by atoms with Gasteiger partial charge in [-0.2, -0.15) is 8.42 Å². The maximum Gasteiger partial charge on any atom is 0.313 e. The first-order chi connectivity index (χ1) is 9.37. The summed E-state index contributed by atoms with van der Waals surface area (Å²) in [5, 5.41) is 0.563. The molecule has 0 radical (unpaired) electrons. The predicted octanol–water partition coefficient (Wildman–Crippen LogP) is 4.04. The Labute approximate surface area is 126 Å². The second kappa shape index (κ2) is 5.99. The molecule has 3 nitrogen and oxygen atoms in total. The maximum atomic E-state index is 13.3. The first-order valence-corrected chi connectivity index (χ1v) is 7.81. The lowest BCUT2D eigenvalue weighted by atomic mass is 10.2. The molecule has 2 rings (SSSR count). The van der Waals surface area contributed by atoms with Gasteiger partial charge in [0, 0.05) is 0 Å². The molecule has 0 saturated carbocycles. The molecule has 106 valence electrons. The van der Waals surface area contributed by atoms with Crippen molar-refractivity contribution in [3.05, 3.63) is 63.9 Å². The Kier molecular flexibility index (Phi) is 4.52. The first-order valence-electron chi connectivity index (χ1n) is 5.48. The van der Waals surface area contributed by atoms with Crippen LogP contribution in [0.15, 0.2) is 42.5 Å². The van der Waals surface area contributed by atoms with Crippen molar-refractivity contribution in [3.8, 4) is 5.75 Å². The number of rotatable bonds is 4. The summed E-state index contributed by atoms with van der Waals surface area (Å²) in [4.78, 5) is 0. The van der Waals surface area contributed by atoms with Crippen LogP contribution in [0.4, 0.5) is 4.39 Å². The zero-order chi connectivity index (χ0) is 14.8. The number of hydrogen-bond donors (Lipinski definition) is 0. The smallest absolute Gasteiger partial charge is 0.313 e. The van der Waals surface area contributed by atoms with Crippen molar-refractivity contribution in [1.29, 1.82) is 0 Å². The monoisotopic (exact) mass is 334 g/mol. The SMILES string of the molecule is O=S(=O)(Cc1ccc(Cl)c(Cl)c1)Oc1ccccc1F. The molecule has 0 aromatic heterocycles. The number of halogens is 3. The molecule has 0 unspecified atom stereocenters. The van der Waals surface area contributed by atoms with Crippen molar-refractivity contribution < 1.29 is 17.0 Å². The zero-order valence-corrected chi connectivity index (χ0v) is 12.3. The highest BCUT2D eigenvalue weighted by Gasteiger charge is 2.17. The Morgan fingerprint density at radius 3 is 2.40 bits per heavy atom. The highest BCUT2D eigenvalue weighted by Crippen LogP contribution is 2.24. The third kappa shape index (κ3) is 3.85. The summed E-state index contributed by atoms with van der Waals surface area (Å²) in [5.74, 6) is -1.52. The number of benzene rings is 2. The van der Waals surface area contributed by atoms with Gasteiger partial charge in [0.15, 0.2) is 11.6 Å². The van der Waals surface area contributed by atoms with Crippen molar-refractivity contribution in [2.75, 3.05) is 0 Å². The molecule has 0 aliphatic carbocycles. The molecule has 0 spiro atoms. The molecule has 0 atom stereocenters. The third-order valence-corrected chi connectivity index (χ3v) is 4.24. The minimum absolute atomic E-state index is 0.241. The topological polar surface area (TPSA) is 43.4 Å². The van der Waals surface area contributed by atoms with Crippen LogP contribution in [0.3, 0.4) is 0 Å². The molecule has 0 N–H and O–H groups in total. The summed E-state index contributed by atoms with van der Waals surface area (Å²) in [7, 11) is -3.98. The van der Waals surface area contributed by atoms with Gasteiger partial charge >= 0.3 is 10.1 Å². The van der Waals surface area contributed by atoms with Gasteiger partial charge in [-0.25, -0.2) is 4.39 Å². The quantitative estimate of drug-likeness (QED) is 0.792. The average Bonchev–Trinajstić information content (AvgIpc) is 2.36. The lowest BCUT2D eigenvalue weighted by Gasteiger charge is -2.08. The van der Waals surface area contributed by atoms with Gasteiger partial charge < -0.3 is 4.18 Å². The molecule has 0 bridgehead atoms. The van der Waals surface area contributed by atoms with E-state index in [-0.39, 0.29) is 10.8 Å². The Morgan fingerprint density at radius 1 is 1.05 bits per heavy atom. The van der Waals surface area contributed by atoms with Crippen molar-refractivity contribution in [1.82, 2.24) is 0 Å². The van der Waals surface area contributed by atoms with Crippen LogP contribution >= 0.6 is 23.2 Å². The van der Waals surface area contributed by atoms with Gasteiger partial charge in [0.25, 0.3) is 0 Å². The molecule has 7 heteroatoms. The van der Waals surface area contributed by atoms with Crippen LogP contribution in [0.5, 0.6) is 5.75 Å². The lowest BCUT2D eigenvalue weighted by Crippen LogP contribution is -2.12. The van der Waals surface area contributed by atoms with E-state index in [1.807, 2.05) is 0 Å². The minimum atomic E-state index is -3.98. The number of hydrogen-bond acceptors (Lipinski definition) is 3. The van der Waals surface area contributed by atoms with Gasteiger partial charge in [0.05, 0.1) is 10.0 Å². The fraction of sp³-hybridized carbons (Fsp3) is 0.0769. The van der Waals surface area contributed by atoms with Crippen LogP contribution < -0.4 is 4.18 Å². The molecule has 2 aromatic carbocycles. The van der Waals surface area contributed by atoms with E-state index in [0.717, 1.165) is 6.07 Å². The Morgan fingerprint density at radius 2 is 1.75 bits per heavy atom. The van der Waals surface area contributed by atoms with Gasteiger partial charge in [-0.05, 0) is 29.8 Å². The predicted molar refractivity (Wildman–Crippen MR) is 76.1 cm³/mol. The van der Waals surface area contributed by atoms with E-state index in [9.17, 15) is 12.8 Å². The van der Waals surface area contributed by atoms with Crippen LogP contribution in [0.1, 0.15) is 5.56 Å². The van der Waals surface area contributed by atoms with Gasteiger partial charge in [0.1, 0.15) is 5.75 Å². The molecule has 0 saturated heterocycles. The summed E-state index contributed by atoms with van der Waals surface area (Å²) in [6.07, 6.45) is 0. The highest BCUT2D eigenvalue weighted by molar-refractivity contribution is 7.86. The molecule has 0 heterocycles. The fourth-order valence-electron chi connectivity index (χ4n) is 1.51. The van der Waals surface area contributed by atoms with Gasteiger partial charge in [-0.15, -0.1) is 0 Å². The second-order valence-corrected chi connectivity index (χ2v) is 6.35. The van der Waals surface area contributed by atoms with Crippen molar-refractivity contribution >= 4 is 33.3 Å². The van der Waals surface area contributed by atoms with Crippen molar-refractivity contribution in [3.63, 3.8) is 0 Å². The normalized spacial score (nSPS) is 11.3.